The zero-order chi connectivity index (χ0) is 14.4. The molecule has 1 aliphatic heterocycles. The molecular weight excluding hydrogens is 266 g/mol. The Morgan fingerprint density at radius 2 is 2.05 bits per heavy atom. The number of allylic oxidation sites excluding steroid dienone is 2. The van der Waals surface area contributed by atoms with E-state index < -0.39 is 0 Å². The molecule has 0 radical (unpaired) electrons. The maximum atomic E-state index is 5.69. The molecule has 2 rings (SSSR count). The second kappa shape index (κ2) is 6.57. The van der Waals surface area contributed by atoms with E-state index in [0.29, 0.717) is 5.11 Å². The van der Waals surface area contributed by atoms with Gasteiger partial charge in [-0.1, -0.05) is 43.3 Å². The summed E-state index contributed by atoms with van der Waals surface area (Å²) in [5.41, 5.74) is 6.71. The maximum Gasteiger partial charge on any atom is 0.165 e. The van der Waals surface area contributed by atoms with Crippen molar-refractivity contribution >= 4 is 17.3 Å². The fourth-order valence-corrected chi connectivity index (χ4v) is 2.68. The summed E-state index contributed by atoms with van der Waals surface area (Å²) < 4.78 is 0. The summed E-state index contributed by atoms with van der Waals surface area (Å²) in [5.74, 6) is 0. The lowest BCUT2D eigenvalue weighted by Crippen LogP contribution is -2.59. The summed E-state index contributed by atoms with van der Waals surface area (Å²) in [4.78, 5) is 2.26. The number of hydrogen-bond donors (Lipinski definition) is 2. The second-order valence-electron chi connectivity index (χ2n) is 4.90. The molecule has 0 aliphatic carbocycles. The van der Waals surface area contributed by atoms with Gasteiger partial charge in [0.25, 0.3) is 0 Å². The van der Waals surface area contributed by atoms with Gasteiger partial charge in [-0.2, -0.15) is 0 Å². The standard InChI is InChI=1S/C16H21N3S/c1-2-16(18-15(17)20)11-6-7-12-19(16)13-10-14-8-4-3-5-9-14/h3-9,11-12H,2,10,13H2,1H3,(H3,17,18,20). The summed E-state index contributed by atoms with van der Waals surface area (Å²) >= 11 is 5.03. The molecule has 1 aromatic carbocycles. The van der Waals surface area contributed by atoms with Crippen LogP contribution in [0.15, 0.2) is 54.8 Å². The first-order chi connectivity index (χ1) is 9.66. The average Bonchev–Trinajstić information content (AvgIpc) is 2.47. The first kappa shape index (κ1) is 14.6. The average molecular weight is 287 g/mol. The number of nitrogens with two attached hydrogens (primary N) is 1. The Bertz CT molecular complexity index is 510. The van der Waals surface area contributed by atoms with E-state index in [1.807, 2.05) is 18.2 Å². The molecule has 0 saturated carbocycles. The number of nitrogens with zero attached hydrogens (tertiary/aromatic N) is 1. The van der Waals surface area contributed by atoms with Crippen LogP contribution in [-0.2, 0) is 6.42 Å². The summed E-state index contributed by atoms with van der Waals surface area (Å²) in [6.07, 6.45) is 10.2. The molecule has 4 heteroatoms. The SMILES string of the molecule is CCC1(NC(N)=S)C=CC=CN1CCc1ccccc1. The Hall–Kier alpha value is -1.81. The van der Waals surface area contributed by atoms with Crippen LogP contribution in [0.4, 0.5) is 0 Å². The minimum Gasteiger partial charge on any atom is -0.376 e. The van der Waals surface area contributed by atoms with Gasteiger partial charge in [-0.05, 0) is 42.8 Å². The Morgan fingerprint density at radius 1 is 1.30 bits per heavy atom. The van der Waals surface area contributed by atoms with Crippen LogP contribution in [0.2, 0.25) is 0 Å². The molecule has 0 amide bonds. The van der Waals surface area contributed by atoms with Crippen molar-refractivity contribution in [3.05, 3.63) is 60.3 Å². The topological polar surface area (TPSA) is 41.3 Å². The van der Waals surface area contributed by atoms with Crippen LogP contribution in [0.5, 0.6) is 0 Å². The molecule has 3 nitrogen and oxygen atoms in total. The van der Waals surface area contributed by atoms with Gasteiger partial charge in [0.15, 0.2) is 5.11 Å². The quantitative estimate of drug-likeness (QED) is 0.817. The van der Waals surface area contributed by atoms with E-state index >= 15 is 0 Å². The number of benzene rings is 1. The summed E-state index contributed by atoms with van der Waals surface area (Å²) in [7, 11) is 0. The van der Waals surface area contributed by atoms with Crippen molar-refractivity contribution in [2.24, 2.45) is 5.73 Å². The fraction of sp³-hybridized carbons (Fsp3) is 0.312. The van der Waals surface area contributed by atoms with Crippen molar-refractivity contribution in [2.75, 3.05) is 6.54 Å². The molecule has 1 aromatic rings. The molecule has 0 fully saturated rings. The molecule has 3 N–H and O–H groups in total. The predicted molar refractivity (Wildman–Crippen MR) is 88.1 cm³/mol. The van der Waals surface area contributed by atoms with E-state index in [9.17, 15) is 0 Å². The lowest BCUT2D eigenvalue weighted by atomic mass is 10.0. The minimum atomic E-state index is -0.310. The van der Waals surface area contributed by atoms with Gasteiger partial charge in [-0.3, -0.25) is 0 Å². The van der Waals surface area contributed by atoms with E-state index in [0.717, 1.165) is 19.4 Å². The van der Waals surface area contributed by atoms with Gasteiger partial charge in [0.2, 0.25) is 0 Å². The Balaban J connectivity index is 2.09. The van der Waals surface area contributed by atoms with Crippen LogP contribution >= 0.6 is 12.2 Å². The van der Waals surface area contributed by atoms with Crippen LogP contribution in [0, 0.1) is 0 Å². The Kier molecular flexibility index (Phi) is 4.79. The third kappa shape index (κ3) is 3.39. The molecule has 1 unspecified atom stereocenters. The van der Waals surface area contributed by atoms with Crippen LogP contribution in [0.3, 0.4) is 0 Å². The van der Waals surface area contributed by atoms with Crippen molar-refractivity contribution < 1.29 is 0 Å². The smallest absolute Gasteiger partial charge is 0.165 e. The van der Waals surface area contributed by atoms with Gasteiger partial charge in [-0.15, -0.1) is 0 Å². The molecule has 0 bridgehead atoms. The fourth-order valence-electron chi connectivity index (χ4n) is 2.50. The van der Waals surface area contributed by atoms with E-state index in [2.05, 4.69) is 53.7 Å². The third-order valence-corrected chi connectivity index (χ3v) is 3.73. The van der Waals surface area contributed by atoms with Crippen LogP contribution in [0.25, 0.3) is 0 Å². The van der Waals surface area contributed by atoms with E-state index in [1.165, 1.54) is 5.56 Å². The summed E-state index contributed by atoms with van der Waals surface area (Å²) in [6, 6.07) is 10.5. The highest BCUT2D eigenvalue weighted by atomic mass is 32.1. The highest BCUT2D eigenvalue weighted by Crippen LogP contribution is 2.23. The lowest BCUT2D eigenvalue weighted by Gasteiger charge is -2.43. The molecule has 1 aliphatic rings. The molecule has 0 spiro atoms. The van der Waals surface area contributed by atoms with E-state index in [1.54, 1.807) is 0 Å². The minimum absolute atomic E-state index is 0.310. The van der Waals surface area contributed by atoms with Crippen molar-refractivity contribution in [1.82, 2.24) is 10.2 Å². The number of nitrogens with one attached hydrogen (secondary N) is 1. The molecule has 20 heavy (non-hydrogen) atoms. The maximum absolute atomic E-state index is 5.69. The zero-order valence-electron chi connectivity index (χ0n) is 11.8. The van der Waals surface area contributed by atoms with Gasteiger partial charge in [-0.25, -0.2) is 0 Å². The molecule has 0 saturated heterocycles. The number of hydrogen-bond acceptors (Lipinski definition) is 2. The Labute approximate surface area is 126 Å². The number of rotatable bonds is 5. The second-order valence-corrected chi connectivity index (χ2v) is 5.34. The summed E-state index contributed by atoms with van der Waals surface area (Å²) in [5, 5.41) is 3.56. The third-order valence-electron chi connectivity index (χ3n) is 3.62. The van der Waals surface area contributed by atoms with Gasteiger partial charge in [0, 0.05) is 12.7 Å². The van der Waals surface area contributed by atoms with Crippen molar-refractivity contribution in [1.29, 1.82) is 0 Å². The van der Waals surface area contributed by atoms with Crippen molar-refractivity contribution in [3.63, 3.8) is 0 Å². The van der Waals surface area contributed by atoms with Crippen molar-refractivity contribution in [2.45, 2.75) is 25.4 Å². The van der Waals surface area contributed by atoms with Crippen LogP contribution in [-0.4, -0.2) is 22.2 Å². The number of thiocarbonyl (C=S) groups is 1. The van der Waals surface area contributed by atoms with E-state index in [4.69, 9.17) is 18.0 Å². The van der Waals surface area contributed by atoms with Gasteiger partial charge < -0.3 is 16.0 Å². The largest absolute Gasteiger partial charge is 0.376 e. The monoisotopic (exact) mass is 287 g/mol. The highest BCUT2D eigenvalue weighted by molar-refractivity contribution is 7.80. The van der Waals surface area contributed by atoms with E-state index in [-0.39, 0.29) is 5.66 Å². The van der Waals surface area contributed by atoms with Crippen LogP contribution in [0.1, 0.15) is 18.9 Å². The van der Waals surface area contributed by atoms with Gasteiger partial charge in [0.1, 0.15) is 5.66 Å². The molecule has 0 aromatic heterocycles. The predicted octanol–water partition coefficient (Wildman–Crippen LogP) is 2.55. The summed E-state index contributed by atoms with van der Waals surface area (Å²) in [6.45, 7) is 3.04. The Morgan fingerprint density at radius 3 is 2.70 bits per heavy atom. The molecule has 1 heterocycles. The van der Waals surface area contributed by atoms with Crippen molar-refractivity contribution in [3.8, 4) is 0 Å². The first-order valence-electron chi connectivity index (χ1n) is 6.90. The van der Waals surface area contributed by atoms with Gasteiger partial charge >= 0.3 is 0 Å². The molecule has 1 atom stereocenters. The lowest BCUT2D eigenvalue weighted by molar-refractivity contribution is 0.171. The normalized spacial score (nSPS) is 20.9. The first-order valence-corrected chi connectivity index (χ1v) is 7.31. The van der Waals surface area contributed by atoms with Crippen LogP contribution < -0.4 is 11.1 Å². The molecular formula is C16H21N3S. The zero-order valence-corrected chi connectivity index (χ0v) is 12.6. The molecule has 106 valence electrons. The highest BCUT2D eigenvalue weighted by Gasteiger charge is 2.31. The van der Waals surface area contributed by atoms with Gasteiger partial charge in [0.05, 0.1) is 0 Å².